The Morgan fingerprint density at radius 1 is 0.842 bits per heavy atom. The molecular formula is C16H38N3+. The van der Waals surface area contributed by atoms with Crippen molar-refractivity contribution >= 4 is 0 Å². The topological polar surface area (TPSA) is 38.0 Å². The summed E-state index contributed by atoms with van der Waals surface area (Å²) in [5.41, 5.74) is 10.3. The second-order valence-electron chi connectivity index (χ2n) is 5.81. The summed E-state index contributed by atoms with van der Waals surface area (Å²) in [6.45, 7) is 12.5. The number of rotatable bonds is 13. The number of unbranched alkanes of at least 4 members (excludes halogenated alkanes) is 3. The van der Waals surface area contributed by atoms with Crippen molar-refractivity contribution in [1.29, 1.82) is 0 Å². The predicted molar refractivity (Wildman–Crippen MR) is 85.6 cm³/mol. The lowest BCUT2D eigenvalue weighted by atomic mass is 10.1. The number of nitrogens with two attached hydrogens (primary N) is 1. The molecule has 0 aromatic heterocycles. The number of quaternary nitrogens is 1. The van der Waals surface area contributed by atoms with E-state index in [2.05, 4.69) is 33.1 Å². The fraction of sp³-hybridized carbons (Fsp3) is 1.00. The molecule has 0 aromatic rings. The van der Waals surface area contributed by atoms with Crippen LogP contribution in [0.1, 0.15) is 79.1 Å². The first kappa shape index (κ1) is 18.9. The number of hydrogen-bond acceptors (Lipinski definition) is 2. The minimum absolute atomic E-state index is 0.250. The molecule has 1 unspecified atom stereocenters. The molecule has 0 spiro atoms. The van der Waals surface area contributed by atoms with Crippen LogP contribution in [0.5, 0.6) is 0 Å². The van der Waals surface area contributed by atoms with E-state index in [1.165, 1.54) is 58.0 Å². The standard InChI is InChI=1S/C16H38N3/c1-5-9-13-18-19(14-10-6-2,15-11-7-3)16(17)12-8-4/h16,18H,5-15,17H2,1-4H3/q+1. The first-order chi connectivity index (χ1) is 9.16. The van der Waals surface area contributed by atoms with Gasteiger partial charge >= 0.3 is 0 Å². The van der Waals surface area contributed by atoms with Gasteiger partial charge in [0.05, 0.1) is 13.1 Å². The highest BCUT2D eigenvalue weighted by Crippen LogP contribution is 2.15. The first-order valence-electron chi connectivity index (χ1n) is 8.54. The quantitative estimate of drug-likeness (QED) is 0.232. The maximum atomic E-state index is 6.54. The second kappa shape index (κ2) is 11.7. The molecule has 0 amide bonds. The number of nitrogens with zero attached hydrogens (tertiary/aromatic N) is 1. The van der Waals surface area contributed by atoms with Gasteiger partial charge in [-0.1, -0.05) is 47.0 Å². The van der Waals surface area contributed by atoms with E-state index in [0.29, 0.717) is 0 Å². The summed E-state index contributed by atoms with van der Waals surface area (Å²) in [6, 6.07) is 0. The Morgan fingerprint density at radius 3 is 1.79 bits per heavy atom. The lowest BCUT2D eigenvalue weighted by Gasteiger charge is -2.43. The van der Waals surface area contributed by atoms with E-state index in [1.54, 1.807) is 0 Å². The highest BCUT2D eigenvalue weighted by atomic mass is 15.7. The highest BCUT2D eigenvalue weighted by Gasteiger charge is 2.33. The molecule has 0 radical (unpaired) electrons. The molecule has 0 aromatic carbocycles. The van der Waals surface area contributed by atoms with E-state index < -0.39 is 0 Å². The fourth-order valence-electron chi connectivity index (χ4n) is 2.62. The Labute approximate surface area is 121 Å². The van der Waals surface area contributed by atoms with Crippen LogP contribution < -0.4 is 11.2 Å². The van der Waals surface area contributed by atoms with Crippen LogP contribution in [-0.2, 0) is 0 Å². The van der Waals surface area contributed by atoms with Gasteiger partial charge in [0.25, 0.3) is 0 Å². The minimum atomic E-state index is 0.250. The van der Waals surface area contributed by atoms with Crippen LogP contribution in [-0.4, -0.2) is 30.4 Å². The SMILES string of the molecule is CCCCN[N+](CCCC)(CCCC)C(N)CCC. The molecular weight excluding hydrogens is 234 g/mol. The molecule has 0 aliphatic carbocycles. The Bertz CT molecular complexity index is 186. The van der Waals surface area contributed by atoms with Crippen LogP contribution in [0.2, 0.25) is 0 Å². The third-order valence-electron chi connectivity index (χ3n) is 4.00. The van der Waals surface area contributed by atoms with E-state index in [4.69, 9.17) is 5.73 Å². The minimum Gasteiger partial charge on any atom is -0.280 e. The van der Waals surface area contributed by atoms with E-state index >= 15 is 0 Å². The maximum Gasteiger partial charge on any atom is 0.158 e. The third kappa shape index (κ3) is 7.28. The maximum absolute atomic E-state index is 6.54. The Morgan fingerprint density at radius 2 is 1.37 bits per heavy atom. The van der Waals surface area contributed by atoms with Gasteiger partial charge in [-0.2, -0.15) is 5.43 Å². The van der Waals surface area contributed by atoms with Gasteiger partial charge in [-0.3, -0.25) is 5.73 Å². The average Bonchev–Trinajstić information content (AvgIpc) is 2.42. The summed E-state index contributed by atoms with van der Waals surface area (Å²) in [4.78, 5) is 0. The summed E-state index contributed by atoms with van der Waals surface area (Å²) in [5, 5.41) is 0. The first-order valence-corrected chi connectivity index (χ1v) is 8.54. The van der Waals surface area contributed by atoms with E-state index in [9.17, 15) is 0 Å². The second-order valence-corrected chi connectivity index (χ2v) is 5.81. The largest absolute Gasteiger partial charge is 0.280 e. The van der Waals surface area contributed by atoms with Crippen molar-refractivity contribution < 1.29 is 4.59 Å². The zero-order valence-corrected chi connectivity index (χ0v) is 13.9. The Balaban J connectivity index is 4.72. The molecule has 3 N–H and O–H groups in total. The summed E-state index contributed by atoms with van der Waals surface area (Å²) in [5.74, 6) is 0. The van der Waals surface area contributed by atoms with E-state index in [1.807, 2.05) is 0 Å². The normalized spacial score (nSPS) is 13.7. The molecule has 0 saturated heterocycles. The molecule has 19 heavy (non-hydrogen) atoms. The van der Waals surface area contributed by atoms with Gasteiger partial charge in [-0.25, -0.2) is 4.59 Å². The molecule has 0 rings (SSSR count). The summed E-state index contributed by atoms with van der Waals surface area (Å²) in [6.07, 6.45) is 10.1. The van der Waals surface area contributed by atoms with Crippen LogP contribution in [0.25, 0.3) is 0 Å². The lowest BCUT2D eigenvalue weighted by Crippen LogP contribution is -2.67. The molecule has 116 valence electrons. The molecule has 3 nitrogen and oxygen atoms in total. The Kier molecular flexibility index (Phi) is 11.6. The van der Waals surface area contributed by atoms with Crippen LogP contribution >= 0.6 is 0 Å². The van der Waals surface area contributed by atoms with Crippen LogP contribution in [0, 0.1) is 0 Å². The van der Waals surface area contributed by atoms with Crippen molar-refractivity contribution in [3.63, 3.8) is 0 Å². The Hall–Kier alpha value is -0.120. The van der Waals surface area contributed by atoms with Crippen molar-refractivity contribution in [3.8, 4) is 0 Å². The van der Waals surface area contributed by atoms with Gasteiger partial charge in [-0.15, -0.1) is 0 Å². The van der Waals surface area contributed by atoms with E-state index in [0.717, 1.165) is 17.6 Å². The smallest absolute Gasteiger partial charge is 0.158 e. The summed E-state index contributed by atoms with van der Waals surface area (Å²) < 4.78 is 0.940. The molecule has 0 aliphatic heterocycles. The monoisotopic (exact) mass is 272 g/mol. The van der Waals surface area contributed by atoms with Crippen LogP contribution in [0.3, 0.4) is 0 Å². The van der Waals surface area contributed by atoms with Crippen molar-refractivity contribution in [2.24, 2.45) is 5.73 Å². The molecule has 0 fully saturated rings. The zero-order chi connectivity index (χ0) is 14.6. The van der Waals surface area contributed by atoms with Gasteiger partial charge in [-0.05, 0) is 25.7 Å². The van der Waals surface area contributed by atoms with Crippen molar-refractivity contribution in [2.45, 2.75) is 85.2 Å². The van der Waals surface area contributed by atoms with Gasteiger partial charge < -0.3 is 0 Å². The molecule has 1 atom stereocenters. The van der Waals surface area contributed by atoms with Gasteiger partial charge in [0.15, 0.2) is 6.17 Å². The molecule has 0 saturated carbocycles. The molecule has 3 heteroatoms. The third-order valence-corrected chi connectivity index (χ3v) is 4.00. The van der Waals surface area contributed by atoms with Crippen molar-refractivity contribution in [2.75, 3.05) is 19.6 Å². The van der Waals surface area contributed by atoms with Crippen LogP contribution in [0.15, 0.2) is 0 Å². The van der Waals surface area contributed by atoms with E-state index in [-0.39, 0.29) is 6.17 Å². The van der Waals surface area contributed by atoms with Gasteiger partial charge in [0.1, 0.15) is 0 Å². The number of hydrogen-bond donors (Lipinski definition) is 2. The molecule has 0 bridgehead atoms. The molecule has 0 heterocycles. The number of nitrogens with one attached hydrogen (secondary N) is 1. The average molecular weight is 273 g/mol. The van der Waals surface area contributed by atoms with Gasteiger partial charge in [0.2, 0.25) is 0 Å². The summed E-state index contributed by atoms with van der Waals surface area (Å²) >= 11 is 0. The van der Waals surface area contributed by atoms with Crippen molar-refractivity contribution in [3.05, 3.63) is 0 Å². The molecule has 0 aliphatic rings. The lowest BCUT2D eigenvalue weighted by molar-refractivity contribution is -0.992. The summed E-state index contributed by atoms with van der Waals surface area (Å²) in [7, 11) is 0. The van der Waals surface area contributed by atoms with Crippen LogP contribution in [0.4, 0.5) is 0 Å². The highest BCUT2D eigenvalue weighted by molar-refractivity contribution is 4.54. The van der Waals surface area contributed by atoms with Crippen molar-refractivity contribution in [1.82, 2.24) is 5.43 Å². The zero-order valence-electron chi connectivity index (χ0n) is 13.9. The van der Waals surface area contributed by atoms with Gasteiger partial charge in [0, 0.05) is 13.0 Å². The predicted octanol–water partition coefficient (Wildman–Crippen LogP) is 3.79. The fourth-order valence-corrected chi connectivity index (χ4v) is 2.62.